The molecule has 3 aromatic carbocycles. The highest BCUT2D eigenvalue weighted by atomic mass is 32.2. The zero-order valence-electron chi connectivity index (χ0n) is 17.9. The number of para-hydroxylation sites is 1. The fourth-order valence-electron chi connectivity index (χ4n) is 3.67. The van der Waals surface area contributed by atoms with Gasteiger partial charge in [0.25, 0.3) is 15.9 Å². The van der Waals surface area contributed by atoms with Crippen molar-refractivity contribution in [2.45, 2.75) is 23.9 Å². The van der Waals surface area contributed by atoms with E-state index in [9.17, 15) is 26.4 Å². The maximum absolute atomic E-state index is 13.2. The van der Waals surface area contributed by atoms with Crippen molar-refractivity contribution in [2.24, 2.45) is 0 Å². The van der Waals surface area contributed by atoms with Gasteiger partial charge in [-0.05, 0) is 73.0 Å². The molecule has 0 atom stereocenters. The van der Waals surface area contributed by atoms with Crippen LogP contribution < -0.4 is 14.4 Å². The molecule has 0 radical (unpaired) electrons. The Hall–Kier alpha value is -3.53. The molecule has 0 fully saturated rings. The second-order valence-corrected chi connectivity index (χ2v) is 9.56. The van der Waals surface area contributed by atoms with Crippen molar-refractivity contribution in [2.75, 3.05) is 22.8 Å². The van der Waals surface area contributed by atoms with Crippen molar-refractivity contribution in [3.8, 4) is 5.75 Å². The standard InChI is InChI=1S/C24H21F3N2O4S/c25-24(26,27)18-7-9-19(10-8-18)28-23(30)16-33-20-11-13-21(14-12-20)34(31,32)29-15-3-5-17-4-1-2-6-22(17)29/h1-2,4,6-14H,3,5,15-16H2,(H,28,30). The number of alkyl halides is 3. The minimum absolute atomic E-state index is 0.103. The van der Waals surface area contributed by atoms with Crippen LogP contribution in [0.15, 0.2) is 77.7 Å². The van der Waals surface area contributed by atoms with Crippen LogP contribution in [0, 0.1) is 0 Å². The quantitative estimate of drug-likeness (QED) is 0.535. The van der Waals surface area contributed by atoms with Gasteiger partial charge in [-0.15, -0.1) is 0 Å². The van der Waals surface area contributed by atoms with Crippen molar-refractivity contribution < 1.29 is 31.1 Å². The summed E-state index contributed by atoms with van der Waals surface area (Å²) in [6.45, 7) is -0.00562. The minimum Gasteiger partial charge on any atom is -0.484 e. The van der Waals surface area contributed by atoms with E-state index in [4.69, 9.17) is 4.74 Å². The normalized spacial score (nSPS) is 13.8. The van der Waals surface area contributed by atoms with Crippen molar-refractivity contribution >= 4 is 27.3 Å². The number of benzene rings is 3. The molecule has 0 spiro atoms. The number of nitrogens with one attached hydrogen (secondary N) is 1. The molecular formula is C24H21F3N2O4S. The van der Waals surface area contributed by atoms with E-state index >= 15 is 0 Å². The summed E-state index contributed by atoms with van der Waals surface area (Å²) < 4.78 is 71.0. The van der Waals surface area contributed by atoms with E-state index < -0.39 is 34.3 Å². The smallest absolute Gasteiger partial charge is 0.416 e. The van der Waals surface area contributed by atoms with Crippen LogP contribution >= 0.6 is 0 Å². The SMILES string of the molecule is O=C(COc1ccc(S(=O)(=O)N2CCCc3ccccc32)cc1)Nc1ccc(C(F)(F)F)cc1. The van der Waals surface area contributed by atoms with Crippen LogP contribution in [0.4, 0.5) is 24.5 Å². The lowest BCUT2D eigenvalue weighted by atomic mass is 10.0. The zero-order valence-corrected chi connectivity index (χ0v) is 18.7. The Morgan fingerprint density at radius 1 is 0.971 bits per heavy atom. The number of amides is 1. The van der Waals surface area contributed by atoms with Crippen LogP contribution in [-0.4, -0.2) is 27.5 Å². The first-order valence-electron chi connectivity index (χ1n) is 10.5. The first-order valence-corrected chi connectivity index (χ1v) is 11.9. The summed E-state index contributed by atoms with van der Waals surface area (Å²) in [6, 6.07) is 17.2. The van der Waals surface area contributed by atoms with Crippen LogP contribution in [0.2, 0.25) is 0 Å². The summed E-state index contributed by atoms with van der Waals surface area (Å²) in [5.41, 5.74) is 1.04. The van der Waals surface area contributed by atoms with Crippen LogP contribution in [0.5, 0.6) is 5.75 Å². The number of halogens is 3. The van der Waals surface area contributed by atoms with Crippen molar-refractivity contribution in [3.05, 3.63) is 83.9 Å². The van der Waals surface area contributed by atoms with Gasteiger partial charge in [0.15, 0.2) is 6.61 Å². The van der Waals surface area contributed by atoms with Crippen molar-refractivity contribution in [1.82, 2.24) is 0 Å². The van der Waals surface area contributed by atoms with Crippen LogP contribution in [0.3, 0.4) is 0 Å². The summed E-state index contributed by atoms with van der Waals surface area (Å²) in [7, 11) is -3.76. The first kappa shape index (κ1) is 23.6. The lowest BCUT2D eigenvalue weighted by Gasteiger charge is -2.30. The molecule has 6 nitrogen and oxygen atoms in total. The Balaban J connectivity index is 1.37. The summed E-state index contributed by atoms with van der Waals surface area (Å²) >= 11 is 0. The summed E-state index contributed by atoms with van der Waals surface area (Å²) in [5.74, 6) is -0.290. The topological polar surface area (TPSA) is 75.7 Å². The molecule has 4 rings (SSSR count). The van der Waals surface area contributed by atoms with Gasteiger partial charge in [0.05, 0.1) is 16.1 Å². The number of carbonyl (C=O) groups excluding carboxylic acids is 1. The Labute approximate surface area is 195 Å². The highest BCUT2D eigenvalue weighted by Crippen LogP contribution is 2.32. The molecule has 0 bridgehead atoms. The molecule has 1 amide bonds. The van der Waals surface area contributed by atoms with E-state index in [1.165, 1.54) is 28.6 Å². The molecule has 10 heteroatoms. The molecule has 1 N–H and O–H groups in total. The van der Waals surface area contributed by atoms with Gasteiger partial charge in [0.1, 0.15) is 5.75 Å². The van der Waals surface area contributed by atoms with Crippen LogP contribution in [0.25, 0.3) is 0 Å². The number of fused-ring (bicyclic) bond motifs is 1. The van der Waals surface area contributed by atoms with E-state index in [0.717, 1.165) is 42.7 Å². The van der Waals surface area contributed by atoms with E-state index in [1.807, 2.05) is 12.1 Å². The molecule has 0 saturated carbocycles. The predicted octanol–water partition coefficient (Wildman–Crippen LogP) is 4.86. The molecule has 0 aromatic heterocycles. The van der Waals surface area contributed by atoms with E-state index in [-0.39, 0.29) is 16.3 Å². The number of carbonyl (C=O) groups is 1. The van der Waals surface area contributed by atoms with Gasteiger partial charge in [-0.2, -0.15) is 13.2 Å². The van der Waals surface area contributed by atoms with Gasteiger partial charge in [0.2, 0.25) is 0 Å². The highest BCUT2D eigenvalue weighted by molar-refractivity contribution is 7.92. The number of sulfonamides is 1. The molecule has 0 aliphatic carbocycles. The minimum atomic E-state index is -4.46. The zero-order chi connectivity index (χ0) is 24.3. The van der Waals surface area contributed by atoms with Crippen molar-refractivity contribution in [3.63, 3.8) is 0 Å². The van der Waals surface area contributed by atoms with E-state index in [1.54, 1.807) is 12.1 Å². The average Bonchev–Trinajstić information content (AvgIpc) is 2.82. The third kappa shape index (κ3) is 5.17. The summed E-state index contributed by atoms with van der Waals surface area (Å²) in [6.07, 6.45) is -2.91. The molecule has 34 heavy (non-hydrogen) atoms. The number of nitrogens with zero attached hydrogens (tertiary/aromatic N) is 1. The Bertz CT molecular complexity index is 1270. The van der Waals surface area contributed by atoms with E-state index in [2.05, 4.69) is 5.32 Å². The van der Waals surface area contributed by atoms with Gasteiger partial charge >= 0.3 is 6.18 Å². The molecule has 178 valence electrons. The lowest BCUT2D eigenvalue weighted by molar-refractivity contribution is -0.137. The second kappa shape index (κ2) is 9.38. The maximum atomic E-state index is 13.2. The molecule has 0 saturated heterocycles. The third-order valence-electron chi connectivity index (χ3n) is 5.35. The fraction of sp³-hybridized carbons (Fsp3) is 0.208. The van der Waals surface area contributed by atoms with Gasteiger partial charge in [0, 0.05) is 12.2 Å². The molecule has 3 aromatic rings. The first-order chi connectivity index (χ1) is 16.1. The molecule has 1 aliphatic heterocycles. The lowest BCUT2D eigenvalue weighted by Crippen LogP contribution is -2.35. The largest absolute Gasteiger partial charge is 0.484 e. The molecule has 0 unspecified atom stereocenters. The highest BCUT2D eigenvalue weighted by Gasteiger charge is 2.30. The van der Waals surface area contributed by atoms with Gasteiger partial charge in [-0.3, -0.25) is 9.10 Å². The Morgan fingerprint density at radius 3 is 2.32 bits per heavy atom. The van der Waals surface area contributed by atoms with Crippen molar-refractivity contribution in [1.29, 1.82) is 0 Å². The number of aryl methyl sites for hydroxylation is 1. The predicted molar refractivity (Wildman–Crippen MR) is 121 cm³/mol. The monoisotopic (exact) mass is 490 g/mol. The third-order valence-corrected chi connectivity index (χ3v) is 7.17. The number of ether oxygens (including phenoxy) is 1. The molecule has 1 aliphatic rings. The molecule has 1 heterocycles. The van der Waals surface area contributed by atoms with Gasteiger partial charge in [-0.1, -0.05) is 18.2 Å². The van der Waals surface area contributed by atoms with Crippen LogP contribution in [0.1, 0.15) is 17.5 Å². The summed E-state index contributed by atoms with van der Waals surface area (Å²) in [5, 5.41) is 2.45. The van der Waals surface area contributed by atoms with Gasteiger partial charge < -0.3 is 10.1 Å². The maximum Gasteiger partial charge on any atom is 0.416 e. The Kier molecular flexibility index (Phi) is 6.52. The number of anilines is 2. The Morgan fingerprint density at radius 2 is 1.65 bits per heavy atom. The molecular weight excluding hydrogens is 469 g/mol. The number of hydrogen-bond acceptors (Lipinski definition) is 4. The van der Waals surface area contributed by atoms with Gasteiger partial charge in [-0.25, -0.2) is 8.42 Å². The second-order valence-electron chi connectivity index (χ2n) is 7.69. The number of rotatable bonds is 6. The summed E-state index contributed by atoms with van der Waals surface area (Å²) in [4.78, 5) is 12.2. The van der Waals surface area contributed by atoms with Crippen LogP contribution in [-0.2, 0) is 27.4 Å². The number of hydrogen-bond donors (Lipinski definition) is 1. The average molecular weight is 491 g/mol. The fourth-order valence-corrected chi connectivity index (χ4v) is 5.21. The van der Waals surface area contributed by atoms with E-state index in [0.29, 0.717) is 12.2 Å².